The van der Waals surface area contributed by atoms with E-state index in [2.05, 4.69) is 13.0 Å². The number of benzene rings is 1. The summed E-state index contributed by atoms with van der Waals surface area (Å²) in [6.07, 6.45) is 4.46. The minimum absolute atomic E-state index is 0.223. The van der Waals surface area contributed by atoms with Gasteiger partial charge in [0.2, 0.25) is 5.91 Å². The number of nitrogens with zero attached hydrogens (tertiary/aromatic N) is 1. The predicted molar refractivity (Wildman–Crippen MR) is 81.9 cm³/mol. The molecule has 3 heteroatoms. The molecule has 1 aromatic rings. The topological polar surface area (TPSA) is 46.3 Å². The summed E-state index contributed by atoms with van der Waals surface area (Å²) in [5.41, 5.74) is 8.05. The van der Waals surface area contributed by atoms with Gasteiger partial charge in [-0.1, -0.05) is 31.2 Å². The van der Waals surface area contributed by atoms with Crippen LogP contribution in [0.3, 0.4) is 0 Å². The first-order valence-corrected chi connectivity index (χ1v) is 7.63. The number of hydrogen-bond donors (Lipinski definition) is 1. The maximum absolute atomic E-state index is 12.5. The van der Waals surface area contributed by atoms with Crippen molar-refractivity contribution in [3.8, 4) is 0 Å². The third-order valence-corrected chi connectivity index (χ3v) is 4.49. The highest BCUT2D eigenvalue weighted by molar-refractivity contribution is 5.78. The Kier molecular flexibility index (Phi) is 5.18. The molecular formula is C17H26N2O. The molecule has 0 bridgehead atoms. The second kappa shape index (κ2) is 6.89. The molecule has 0 aliphatic heterocycles. The summed E-state index contributed by atoms with van der Waals surface area (Å²) in [5, 5.41) is 0. The third-order valence-electron chi connectivity index (χ3n) is 4.49. The number of rotatable bonds is 4. The number of nitrogens with two attached hydrogens (primary N) is 1. The van der Waals surface area contributed by atoms with Crippen molar-refractivity contribution in [2.75, 3.05) is 7.05 Å². The lowest BCUT2D eigenvalue weighted by molar-refractivity contribution is -0.136. The average Bonchev–Trinajstić information content (AvgIpc) is 2.48. The van der Waals surface area contributed by atoms with Crippen molar-refractivity contribution in [1.29, 1.82) is 0 Å². The van der Waals surface area contributed by atoms with Crippen LogP contribution in [0.2, 0.25) is 0 Å². The van der Waals surface area contributed by atoms with Crippen LogP contribution in [0, 0.1) is 11.8 Å². The van der Waals surface area contributed by atoms with Crippen molar-refractivity contribution in [3.05, 3.63) is 35.4 Å². The molecule has 0 heterocycles. The van der Waals surface area contributed by atoms with Crippen LogP contribution in [0.15, 0.2) is 24.3 Å². The van der Waals surface area contributed by atoms with Gasteiger partial charge in [-0.2, -0.15) is 0 Å². The lowest BCUT2D eigenvalue weighted by Gasteiger charge is -2.29. The van der Waals surface area contributed by atoms with E-state index in [0.717, 1.165) is 29.9 Å². The maximum atomic E-state index is 12.5. The van der Waals surface area contributed by atoms with Crippen molar-refractivity contribution in [3.63, 3.8) is 0 Å². The minimum Gasteiger partial charge on any atom is -0.341 e. The number of amides is 1. The van der Waals surface area contributed by atoms with Crippen LogP contribution < -0.4 is 5.73 Å². The molecular weight excluding hydrogens is 248 g/mol. The molecule has 0 unspecified atom stereocenters. The Morgan fingerprint density at radius 1 is 1.20 bits per heavy atom. The number of hydrogen-bond acceptors (Lipinski definition) is 2. The van der Waals surface area contributed by atoms with Crippen LogP contribution in [-0.2, 0) is 17.9 Å². The molecule has 1 saturated carbocycles. The molecule has 3 nitrogen and oxygen atoms in total. The molecule has 1 fully saturated rings. The molecule has 20 heavy (non-hydrogen) atoms. The normalized spacial score (nSPS) is 22.6. The van der Waals surface area contributed by atoms with E-state index in [4.69, 9.17) is 5.73 Å². The van der Waals surface area contributed by atoms with Gasteiger partial charge < -0.3 is 10.6 Å². The predicted octanol–water partition coefficient (Wildman–Crippen LogP) is 2.93. The van der Waals surface area contributed by atoms with Crippen LogP contribution in [0.4, 0.5) is 0 Å². The van der Waals surface area contributed by atoms with Gasteiger partial charge in [-0.05, 0) is 42.7 Å². The molecule has 1 amide bonds. The van der Waals surface area contributed by atoms with Crippen LogP contribution >= 0.6 is 0 Å². The molecule has 1 aliphatic rings. The van der Waals surface area contributed by atoms with Gasteiger partial charge in [-0.3, -0.25) is 4.79 Å². The SMILES string of the molecule is CC1CCC(C(=O)N(C)Cc2ccccc2CN)CC1. The Labute approximate surface area is 122 Å². The highest BCUT2D eigenvalue weighted by atomic mass is 16.2. The molecule has 1 aliphatic carbocycles. The zero-order valence-electron chi connectivity index (χ0n) is 12.6. The van der Waals surface area contributed by atoms with E-state index >= 15 is 0 Å². The molecule has 110 valence electrons. The summed E-state index contributed by atoms with van der Waals surface area (Å²) in [5.74, 6) is 1.30. The summed E-state index contributed by atoms with van der Waals surface area (Å²) in [6.45, 7) is 3.47. The summed E-state index contributed by atoms with van der Waals surface area (Å²) in [4.78, 5) is 14.4. The highest BCUT2D eigenvalue weighted by Gasteiger charge is 2.26. The zero-order chi connectivity index (χ0) is 14.5. The summed E-state index contributed by atoms with van der Waals surface area (Å²) < 4.78 is 0. The van der Waals surface area contributed by atoms with Crippen LogP contribution in [0.5, 0.6) is 0 Å². The standard InChI is InChI=1S/C17H26N2O/c1-13-7-9-14(10-8-13)17(20)19(2)12-16-6-4-3-5-15(16)11-18/h3-6,13-14H,7-12,18H2,1-2H3. The average molecular weight is 274 g/mol. The van der Waals surface area contributed by atoms with Gasteiger partial charge in [-0.15, -0.1) is 0 Å². The van der Waals surface area contributed by atoms with Gasteiger partial charge in [0.15, 0.2) is 0 Å². The van der Waals surface area contributed by atoms with E-state index in [-0.39, 0.29) is 5.92 Å². The van der Waals surface area contributed by atoms with Crippen LogP contribution in [0.25, 0.3) is 0 Å². The Balaban J connectivity index is 1.97. The molecule has 0 radical (unpaired) electrons. The fourth-order valence-corrected chi connectivity index (χ4v) is 3.06. The Hall–Kier alpha value is -1.35. The molecule has 2 rings (SSSR count). The summed E-state index contributed by atoms with van der Waals surface area (Å²) >= 11 is 0. The van der Waals surface area contributed by atoms with Crippen LogP contribution in [0.1, 0.15) is 43.7 Å². The van der Waals surface area contributed by atoms with Gasteiger partial charge in [-0.25, -0.2) is 0 Å². The first-order valence-electron chi connectivity index (χ1n) is 7.63. The molecule has 0 spiro atoms. The molecule has 0 atom stereocenters. The smallest absolute Gasteiger partial charge is 0.225 e. The van der Waals surface area contributed by atoms with Gasteiger partial charge in [0, 0.05) is 26.1 Å². The van der Waals surface area contributed by atoms with Crippen molar-refractivity contribution in [1.82, 2.24) is 4.90 Å². The van der Waals surface area contributed by atoms with Gasteiger partial charge in [0.25, 0.3) is 0 Å². The van der Waals surface area contributed by atoms with E-state index < -0.39 is 0 Å². The third kappa shape index (κ3) is 3.60. The largest absolute Gasteiger partial charge is 0.341 e. The van der Waals surface area contributed by atoms with Crippen molar-refractivity contribution < 1.29 is 4.79 Å². The zero-order valence-corrected chi connectivity index (χ0v) is 12.6. The Bertz CT molecular complexity index is 450. The van der Waals surface area contributed by atoms with E-state index in [0.29, 0.717) is 19.0 Å². The Morgan fingerprint density at radius 3 is 2.40 bits per heavy atom. The van der Waals surface area contributed by atoms with Gasteiger partial charge >= 0.3 is 0 Å². The Morgan fingerprint density at radius 2 is 1.80 bits per heavy atom. The quantitative estimate of drug-likeness (QED) is 0.917. The van der Waals surface area contributed by atoms with E-state index in [9.17, 15) is 4.79 Å². The summed E-state index contributed by atoms with van der Waals surface area (Å²) in [7, 11) is 1.91. The van der Waals surface area contributed by atoms with E-state index in [1.54, 1.807) is 0 Å². The second-order valence-corrected chi connectivity index (χ2v) is 6.12. The molecule has 2 N–H and O–H groups in total. The van der Waals surface area contributed by atoms with Crippen molar-refractivity contribution in [2.45, 2.75) is 45.7 Å². The maximum Gasteiger partial charge on any atom is 0.225 e. The van der Waals surface area contributed by atoms with Crippen molar-refractivity contribution >= 4 is 5.91 Å². The van der Waals surface area contributed by atoms with Gasteiger partial charge in [0.05, 0.1) is 0 Å². The first-order chi connectivity index (χ1) is 9.61. The minimum atomic E-state index is 0.223. The number of carbonyl (C=O) groups is 1. The highest BCUT2D eigenvalue weighted by Crippen LogP contribution is 2.29. The van der Waals surface area contributed by atoms with Gasteiger partial charge in [0.1, 0.15) is 0 Å². The lowest BCUT2D eigenvalue weighted by Crippen LogP contribution is -2.34. The van der Waals surface area contributed by atoms with E-state index in [1.807, 2.05) is 30.1 Å². The van der Waals surface area contributed by atoms with Crippen LogP contribution in [-0.4, -0.2) is 17.9 Å². The first kappa shape index (κ1) is 15.0. The molecule has 0 aromatic heterocycles. The molecule has 0 saturated heterocycles. The fourth-order valence-electron chi connectivity index (χ4n) is 3.06. The second-order valence-electron chi connectivity index (χ2n) is 6.12. The molecule has 1 aromatic carbocycles. The summed E-state index contributed by atoms with van der Waals surface area (Å²) in [6, 6.07) is 8.11. The van der Waals surface area contributed by atoms with E-state index in [1.165, 1.54) is 12.8 Å². The fraction of sp³-hybridized carbons (Fsp3) is 0.588. The monoisotopic (exact) mass is 274 g/mol. The van der Waals surface area contributed by atoms with Crippen molar-refractivity contribution in [2.24, 2.45) is 17.6 Å². The number of carbonyl (C=O) groups excluding carboxylic acids is 1. The lowest BCUT2D eigenvalue weighted by atomic mass is 9.82.